The zero-order valence-corrected chi connectivity index (χ0v) is 26.7. The molecule has 0 spiro atoms. The molecule has 3 amide bonds. The van der Waals surface area contributed by atoms with Crippen LogP contribution in [0.5, 0.6) is 0 Å². The Balaban J connectivity index is 1.66. The van der Waals surface area contributed by atoms with Gasteiger partial charge in [-0.05, 0) is 55.3 Å². The normalized spacial score (nSPS) is 20.8. The van der Waals surface area contributed by atoms with Crippen LogP contribution in [0.3, 0.4) is 0 Å². The second-order valence-electron chi connectivity index (χ2n) is 11.2. The molecule has 2 aliphatic heterocycles. The maximum atomic E-state index is 15.2. The van der Waals surface area contributed by atoms with Crippen molar-refractivity contribution < 1.29 is 32.3 Å². The molecule has 2 saturated heterocycles. The average Bonchev–Trinajstić information content (AvgIpc) is 2.98. The lowest BCUT2D eigenvalue weighted by Gasteiger charge is -2.55. The van der Waals surface area contributed by atoms with Gasteiger partial charge >= 0.3 is 6.09 Å². The Hall–Kier alpha value is -3.71. The molecule has 3 unspecified atom stereocenters. The molecule has 3 aromatic rings. The van der Waals surface area contributed by atoms with Crippen LogP contribution in [0.4, 0.5) is 9.18 Å². The first kappa shape index (κ1) is 32.7. The number of nitrogens with zero attached hydrogens (tertiary/aromatic N) is 4. The fraction of sp³-hybridized carbons (Fsp3) is 0.323. The number of benzene rings is 3. The van der Waals surface area contributed by atoms with Gasteiger partial charge in [0.1, 0.15) is 29.0 Å². The van der Waals surface area contributed by atoms with E-state index in [0.717, 1.165) is 26.2 Å². The minimum absolute atomic E-state index is 0.00311. The van der Waals surface area contributed by atoms with E-state index in [9.17, 15) is 27.9 Å². The van der Waals surface area contributed by atoms with Crippen LogP contribution in [0.15, 0.2) is 77.7 Å². The van der Waals surface area contributed by atoms with E-state index in [1.165, 1.54) is 11.0 Å². The summed E-state index contributed by atoms with van der Waals surface area (Å²) in [7, 11) is -4.71. The summed E-state index contributed by atoms with van der Waals surface area (Å²) in [5.41, 5.74) is 1.21. The van der Waals surface area contributed by atoms with Gasteiger partial charge in [0.05, 0.1) is 6.54 Å². The minimum atomic E-state index is -4.71. The van der Waals surface area contributed by atoms with Crippen LogP contribution in [0, 0.1) is 5.82 Å². The first-order valence-corrected chi connectivity index (χ1v) is 16.4. The zero-order chi connectivity index (χ0) is 32.6. The first-order valence-electron chi connectivity index (χ1n) is 14.2. The van der Waals surface area contributed by atoms with Crippen molar-refractivity contribution in [2.45, 2.75) is 56.0 Å². The van der Waals surface area contributed by atoms with Gasteiger partial charge in [-0.2, -0.15) is 4.31 Å². The highest BCUT2D eigenvalue weighted by molar-refractivity contribution is 7.89. The summed E-state index contributed by atoms with van der Waals surface area (Å²) in [5.74, 6) is -2.26. The number of fused-ring (bicyclic) bond motifs is 1. The lowest BCUT2D eigenvalue weighted by Crippen LogP contribution is -2.76. The molecule has 3 aromatic carbocycles. The summed E-state index contributed by atoms with van der Waals surface area (Å²) in [6, 6.07) is 15.2. The van der Waals surface area contributed by atoms with E-state index >= 15 is 4.39 Å². The van der Waals surface area contributed by atoms with E-state index in [0.29, 0.717) is 16.1 Å². The van der Waals surface area contributed by atoms with Gasteiger partial charge in [-0.15, -0.1) is 0 Å². The Kier molecular flexibility index (Phi) is 9.41. The van der Waals surface area contributed by atoms with Gasteiger partial charge in [-0.25, -0.2) is 17.6 Å². The third-order valence-electron chi connectivity index (χ3n) is 8.07. The smallest absolute Gasteiger partial charge is 0.408 e. The fourth-order valence-corrected chi connectivity index (χ4v) is 7.74. The quantitative estimate of drug-likeness (QED) is 0.370. The highest BCUT2D eigenvalue weighted by Crippen LogP contribution is 2.35. The topological polar surface area (TPSA) is 119 Å². The predicted molar refractivity (Wildman–Crippen MR) is 166 cm³/mol. The van der Waals surface area contributed by atoms with Gasteiger partial charge in [0.2, 0.25) is 21.8 Å². The van der Waals surface area contributed by atoms with E-state index < -0.39 is 63.4 Å². The van der Waals surface area contributed by atoms with E-state index in [1.807, 2.05) is 0 Å². The third-order valence-corrected chi connectivity index (χ3v) is 10.5. The first-order chi connectivity index (χ1) is 21.3. The highest BCUT2D eigenvalue weighted by Gasteiger charge is 2.56. The number of sulfonamides is 1. The number of carboxylic acid groups (broad SMARTS) is 1. The number of halogens is 3. The minimum Gasteiger partial charge on any atom is -0.465 e. The number of rotatable bonds is 8. The van der Waals surface area contributed by atoms with Gasteiger partial charge in [-0.1, -0.05) is 65.7 Å². The standard InChI is InChI=1S/C31H31Cl2FN4O6S/c1-19(2)35-18-28-37(45(43,44)27-13-12-23(33)15-24(27)34)17-26(36(31(41)42)16-21-6-4-3-5-7-21)30(40)38(28)25(29(35)39)14-20-8-10-22(32)11-9-20/h3-13,15,19,25-26,28H,14,16-18H2,1-2H3,(H,41,42). The second-order valence-corrected chi connectivity index (χ2v) is 14.0. The van der Waals surface area contributed by atoms with Gasteiger partial charge in [0, 0.05) is 35.6 Å². The molecule has 2 heterocycles. The summed E-state index contributed by atoms with van der Waals surface area (Å²) in [6.07, 6.45) is -2.71. The van der Waals surface area contributed by atoms with Crippen molar-refractivity contribution in [2.24, 2.45) is 0 Å². The molecule has 0 bridgehead atoms. The molecule has 3 atom stereocenters. The van der Waals surface area contributed by atoms with E-state index in [4.69, 9.17) is 23.2 Å². The Morgan fingerprint density at radius 2 is 1.60 bits per heavy atom. The van der Waals surface area contributed by atoms with Gasteiger partial charge in [0.25, 0.3) is 0 Å². The van der Waals surface area contributed by atoms with E-state index in [1.54, 1.807) is 68.4 Å². The van der Waals surface area contributed by atoms with Gasteiger partial charge in [-0.3, -0.25) is 14.5 Å². The van der Waals surface area contributed by atoms with Crippen molar-refractivity contribution in [3.05, 3.63) is 99.8 Å². The van der Waals surface area contributed by atoms with Crippen molar-refractivity contribution in [1.82, 2.24) is 19.0 Å². The molecule has 0 aliphatic carbocycles. The van der Waals surface area contributed by atoms with Crippen molar-refractivity contribution in [3.63, 3.8) is 0 Å². The van der Waals surface area contributed by atoms with Crippen LogP contribution < -0.4 is 0 Å². The highest BCUT2D eigenvalue weighted by atomic mass is 35.5. The lowest BCUT2D eigenvalue weighted by atomic mass is 9.96. The van der Waals surface area contributed by atoms with E-state index in [2.05, 4.69) is 0 Å². The van der Waals surface area contributed by atoms with E-state index in [-0.39, 0.29) is 30.6 Å². The molecule has 1 N–H and O–H groups in total. The molecule has 14 heteroatoms. The van der Waals surface area contributed by atoms with Crippen LogP contribution >= 0.6 is 23.2 Å². The number of hydrogen-bond acceptors (Lipinski definition) is 5. The molecule has 0 aromatic heterocycles. The second kappa shape index (κ2) is 13.0. The zero-order valence-electron chi connectivity index (χ0n) is 24.4. The third kappa shape index (κ3) is 6.51. The van der Waals surface area contributed by atoms with Crippen molar-refractivity contribution in [2.75, 3.05) is 13.1 Å². The van der Waals surface area contributed by atoms with Crippen molar-refractivity contribution in [3.8, 4) is 0 Å². The van der Waals surface area contributed by atoms with Gasteiger partial charge in [0.15, 0.2) is 0 Å². The van der Waals surface area contributed by atoms with Crippen LogP contribution in [-0.2, 0) is 32.6 Å². The molecule has 0 saturated carbocycles. The lowest BCUT2D eigenvalue weighted by molar-refractivity contribution is -0.171. The van der Waals surface area contributed by atoms with Crippen LogP contribution in [0.2, 0.25) is 10.0 Å². The molecule has 0 radical (unpaired) electrons. The number of hydrogen-bond donors (Lipinski definition) is 1. The van der Waals surface area contributed by atoms with Crippen molar-refractivity contribution in [1.29, 1.82) is 0 Å². The largest absolute Gasteiger partial charge is 0.465 e. The number of carbonyl (C=O) groups excluding carboxylic acids is 2. The Morgan fingerprint density at radius 3 is 2.20 bits per heavy atom. The predicted octanol–water partition coefficient (Wildman–Crippen LogP) is 4.70. The SMILES string of the molecule is CC(C)N1CC2N(C(=O)C(N(Cc3ccccc3)C(=O)O)CN2S(=O)(=O)c2ccc(Cl)cc2F)C(Cc2ccc(Cl)cc2)C1=O. The summed E-state index contributed by atoms with van der Waals surface area (Å²) in [4.78, 5) is 43.9. The Morgan fingerprint density at radius 1 is 0.956 bits per heavy atom. The van der Waals surface area contributed by atoms with Crippen molar-refractivity contribution >= 4 is 51.1 Å². The molecular formula is C31H31Cl2FN4O6S. The maximum absolute atomic E-state index is 15.2. The molecule has 5 rings (SSSR count). The van der Waals surface area contributed by atoms with Crippen LogP contribution in [-0.4, -0.2) is 87.8 Å². The molecule has 238 valence electrons. The molecule has 10 nitrogen and oxygen atoms in total. The number of piperazine rings is 1. The summed E-state index contributed by atoms with van der Waals surface area (Å²) in [6.45, 7) is 2.50. The average molecular weight is 678 g/mol. The Bertz CT molecular complexity index is 1710. The van der Waals surface area contributed by atoms with Crippen LogP contribution in [0.25, 0.3) is 0 Å². The number of amides is 3. The Labute approximate surface area is 270 Å². The molecule has 2 fully saturated rings. The molecule has 45 heavy (non-hydrogen) atoms. The summed E-state index contributed by atoms with van der Waals surface area (Å²) >= 11 is 12.0. The summed E-state index contributed by atoms with van der Waals surface area (Å²) in [5, 5.41) is 10.7. The fourth-order valence-electron chi connectivity index (χ4n) is 5.83. The van der Waals surface area contributed by atoms with Gasteiger partial charge < -0.3 is 14.9 Å². The van der Waals surface area contributed by atoms with Crippen LogP contribution in [0.1, 0.15) is 25.0 Å². The monoisotopic (exact) mass is 676 g/mol. The maximum Gasteiger partial charge on any atom is 0.408 e. The molecular weight excluding hydrogens is 646 g/mol. The molecule has 2 aliphatic rings. The summed E-state index contributed by atoms with van der Waals surface area (Å²) < 4.78 is 44.6. The number of carbonyl (C=O) groups is 3.